The van der Waals surface area contributed by atoms with E-state index in [1.807, 2.05) is 11.8 Å². The Balaban J connectivity index is 2.60. The number of hydrogen-bond acceptors (Lipinski definition) is 3. The Kier molecular flexibility index (Phi) is 6.36. The fourth-order valence-corrected chi connectivity index (χ4v) is 2.62. The summed E-state index contributed by atoms with van der Waals surface area (Å²) in [5.74, 6) is 0.574. The van der Waals surface area contributed by atoms with Gasteiger partial charge in [0.15, 0.2) is 0 Å². The largest absolute Gasteiger partial charge is 0.343 e. The van der Waals surface area contributed by atoms with Crippen molar-refractivity contribution in [1.82, 2.24) is 4.90 Å². The Morgan fingerprint density at radius 3 is 2.24 bits per heavy atom. The molecule has 118 valence electrons. The van der Waals surface area contributed by atoms with E-state index in [2.05, 4.69) is 13.8 Å². The minimum Gasteiger partial charge on any atom is -0.343 e. The molecule has 0 aromatic heterocycles. The highest BCUT2D eigenvalue weighted by Crippen LogP contribution is 2.11. The highest BCUT2D eigenvalue weighted by atomic mass is 32.2. The van der Waals surface area contributed by atoms with E-state index in [0.717, 1.165) is 12.1 Å². The zero-order valence-corrected chi connectivity index (χ0v) is 13.7. The van der Waals surface area contributed by atoms with Gasteiger partial charge in [0.25, 0.3) is 0 Å². The van der Waals surface area contributed by atoms with Crippen LogP contribution in [-0.2, 0) is 21.2 Å². The first-order valence-electron chi connectivity index (χ1n) is 7.13. The van der Waals surface area contributed by atoms with Crippen molar-refractivity contribution in [3.8, 4) is 0 Å². The lowest BCUT2D eigenvalue weighted by Gasteiger charge is -2.23. The molecule has 6 heteroatoms. The highest BCUT2D eigenvalue weighted by molar-refractivity contribution is 7.89. The summed E-state index contributed by atoms with van der Waals surface area (Å²) >= 11 is 0. The number of amides is 1. The van der Waals surface area contributed by atoms with Gasteiger partial charge in [-0.2, -0.15) is 0 Å². The van der Waals surface area contributed by atoms with Crippen LogP contribution in [0.3, 0.4) is 0 Å². The molecule has 0 heterocycles. The summed E-state index contributed by atoms with van der Waals surface area (Å²) in [6.07, 6.45) is 1.02. The summed E-state index contributed by atoms with van der Waals surface area (Å²) in [6, 6.07) is 6.35. The topological polar surface area (TPSA) is 80.5 Å². The van der Waals surface area contributed by atoms with E-state index in [1.54, 1.807) is 12.1 Å². The third-order valence-electron chi connectivity index (χ3n) is 3.20. The lowest BCUT2D eigenvalue weighted by molar-refractivity contribution is -0.131. The Hall–Kier alpha value is -1.40. The number of sulfonamides is 1. The van der Waals surface area contributed by atoms with E-state index < -0.39 is 10.0 Å². The molecule has 0 saturated heterocycles. The van der Waals surface area contributed by atoms with Gasteiger partial charge in [0.1, 0.15) is 0 Å². The van der Waals surface area contributed by atoms with Crippen LogP contribution < -0.4 is 5.14 Å². The van der Waals surface area contributed by atoms with E-state index in [1.165, 1.54) is 12.1 Å². The van der Waals surface area contributed by atoms with Gasteiger partial charge in [-0.05, 0) is 37.0 Å². The molecule has 0 aliphatic carbocycles. The van der Waals surface area contributed by atoms with Crippen molar-refractivity contribution in [1.29, 1.82) is 0 Å². The molecule has 1 rings (SSSR count). The second-order valence-corrected chi connectivity index (χ2v) is 7.08. The van der Waals surface area contributed by atoms with Gasteiger partial charge in [-0.25, -0.2) is 13.6 Å². The van der Waals surface area contributed by atoms with E-state index in [-0.39, 0.29) is 10.8 Å². The molecule has 0 fully saturated rings. The second-order valence-electron chi connectivity index (χ2n) is 5.52. The molecule has 21 heavy (non-hydrogen) atoms. The number of rotatable bonds is 7. The summed E-state index contributed by atoms with van der Waals surface area (Å²) in [4.78, 5) is 14.1. The lowest BCUT2D eigenvalue weighted by atomic mass is 10.1. The van der Waals surface area contributed by atoms with Gasteiger partial charge in [0.2, 0.25) is 15.9 Å². The van der Waals surface area contributed by atoms with Crippen LogP contribution in [0.15, 0.2) is 29.2 Å². The molecule has 0 saturated carbocycles. The number of benzene rings is 1. The molecule has 1 amide bonds. The van der Waals surface area contributed by atoms with Crippen LogP contribution in [0.25, 0.3) is 0 Å². The zero-order valence-electron chi connectivity index (χ0n) is 12.9. The smallest absolute Gasteiger partial charge is 0.238 e. The first-order valence-corrected chi connectivity index (χ1v) is 8.68. The van der Waals surface area contributed by atoms with Crippen molar-refractivity contribution >= 4 is 15.9 Å². The normalized spacial score (nSPS) is 11.7. The van der Waals surface area contributed by atoms with Gasteiger partial charge in [-0.3, -0.25) is 4.79 Å². The van der Waals surface area contributed by atoms with E-state index >= 15 is 0 Å². The third-order valence-corrected chi connectivity index (χ3v) is 4.13. The lowest BCUT2D eigenvalue weighted by Crippen LogP contribution is -2.34. The average molecular weight is 312 g/mol. The Morgan fingerprint density at radius 2 is 1.81 bits per heavy atom. The molecule has 2 N–H and O–H groups in total. The van der Waals surface area contributed by atoms with Crippen LogP contribution in [0.2, 0.25) is 0 Å². The summed E-state index contributed by atoms with van der Waals surface area (Å²) in [7, 11) is -3.66. The highest BCUT2D eigenvalue weighted by Gasteiger charge is 2.13. The van der Waals surface area contributed by atoms with Crippen LogP contribution in [-0.4, -0.2) is 32.3 Å². The quantitative estimate of drug-likeness (QED) is 0.833. The Labute approximate surface area is 127 Å². The molecule has 0 radical (unpaired) electrons. The van der Waals surface area contributed by atoms with Crippen molar-refractivity contribution < 1.29 is 13.2 Å². The number of carbonyl (C=O) groups excluding carboxylic acids is 1. The predicted molar refractivity (Wildman–Crippen MR) is 83.2 cm³/mol. The van der Waals surface area contributed by atoms with Gasteiger partial charge in [0.05, 0.1) is 4.90 Å². The molecular formula is C15H24N2O3S. The standard InChI is InChI=1S/C15H24N2O3S/c1-4-17(11-12(2)3)15(18)10-7-13-5-8-14(9-6-13)21(16,19)20/h5-6,8-9,12H,4,7,10-11H2,1-3H3,(H2,16,19,20). The second kappa shape index (κ2) is 7.56. The third kappa shape index (κ3) is 5.85. The van der Waals surface area contributed by atoms with Crippen molar-refractivity contribution in [2.75, 3.05) is 13.1 Å². The minimum absolute atomic E-state index is 0.0903. The number of carbonyl (C=O) groups is 1. The Morgan fingerprint density at radius 1 is 1.24 bits per heavy atom. The number of nitrogens with two attached hydrogens (primary N) is 1. The maximum absolute atomic E-state index is 12.1. The Bertz CT molecular complexity index is 565. The molecule has 1 aromatic rings. The van der Waals surface area contributed by atoms with Gasteiger partial charge in [-0.15, -0.1) is 0 Å². The fourth-order valence-electron chi connectivity index (χ4n) is 2.10. The predicted octanol–water partition coefficient (Wildman–Crippen LogP) is 1.77. The van der Waals surface area contributed by atoms with Gasteiger partial charge in [0, 0.05) is 19.5 Å². The summed E-state index contributed by atoms with van der Waals surface area (Å²) in [6.45, 7) is 7.62. The molecule has 0 aliphatic rings. The molecule has 0 unspecified atom stereocenters. The van der Waals surface area contributed by atoms with Crippen LogP contribution >= 0.6 is 0 Å². The monoisotopic (exact) mass is 312 g/mol. The molecule has 5 nitrogen and oxygen atoms in total. The molecular weight excluding hydrogens is 288 g/mol. The van der Waals surface area contributed by atoms with Gasteiger partial charge in [-0.1, -0.05) is 26.0 Å². The van der Waals surface area contributed by atoms with E-state index in [9.17, 15) is 13.2 Å². The van der Waals surface area contributed by atoms with Gasteiger partial charge < -0.3 is 4.90 Å². The molecule has 0 atom stereocenters. The summed E-state index contributed by atoms with van der Waals surface area (Å²) in [5, 5.41) is 5.04. The molecule has 1 aromatic carbocycles. The van der Waals surface area contributed by atoms with Crippen molar-refractivity contribution in [2.24, 2.45) is 11.1 Å². The summed E-state index contributed by atoms with van der Waals surface area (Å²) in [5.41, 5.74) is 0.927. The van der Waals surface area contributed by atoms with E-state index in [4.69, 9.17) is 5.14 Å². The zero-order chi connectivity index (χ0) is 16.0. The van der Waals surface area contributed by atoms with Crippen LogP contribution in [0.1, 0.15) is 32.8 Å². The maximum Gasteiger partial charge on any atom is 0.238 e. The molecule has 0 spiro atoms. The van der Waals surface area contributed by atoms with Crippen LogP contribution in [0.5, 0.6) is 0 Å². The maximum atomic E-state index is 12.1. The number of hydrogen-bond donors (Lipinski definition) is 1. The first kappa shape index (κ1) is 17.7. The average Bonchev–Trinajstić information content (AvgIpc) is 2.41. The number of primary sulfonamides is 1. The van der Waals surface area contributed by atoms with E-state index in [0.29, 0.717) is 25.3 Å². The summed E-state index contributed by atoms with van der Waals surface area (Å²) < 4.78 is 22.3. The fraction of sp³-hybridized carbons (Fsp3) is 0.533. The minimum atomic E-state index is -3.66. The van der Waals surface area contributed by atoms with Crippen molar-refractivity contribution in [3.63, 3.8) is 0 Å². The van der Waals surface area contributed by atoms with Crippen LogP contribution in [0, 0.1) is 5.92 Å². The molecule has 0 bridgehead atoms. The van der Waals surface area contributed by atoms with Crippen LogP contribution in [0.4, 0.5) is 0 Å². The SMILES string of the molecule is CCN(CC(C)C)C(=O)CCc1ccc(S(N)(=O)=O)cc1. The molecule has 0 aliphatic heterocycles. The number of nitrogens with zero attached hydrogens (tertiary/aromatic N) is 1. The first-order chi connectivity index (χ1) is 9.74. The van der Waals surface area contributed by atoms with Crippen molar-refractivity contribution in [2.45, 2.75) is 38.5 Å². The van der Waals surface area contributed by atoms with Gasteiger partial charge >= 0.3 is 0 Å². The number of aryl methyl sites for hydroxylation is 1. The van der Waals surface area contributed by atoms with Crippen molar-refractivity contribution in [3.05, 3.63) is 29.8 Å².